The molecule has 0 unspecified atom stereocenters. The molecule has 0 bridgehead atoms. The van der Waals surface area contributed by atoms with Crippen LogP contribution in [0.1, 0.15) is 49.9 Å². The fourth-order valence-corrected chi connectivity index (χ4v) is 15.9. The average Bonchev–Trinajstić information content (AvgIpc) is 1.73. The molecular weight excluding hydrogens is 1150 g/mol. The minimum absolute atomic E-state index is 0.121. The lowest BCUT2D eigenvalue weighted by Crippen LogP contribution is -2.30. The van der Waals surface area contributed by atoms with Gasteiger partial charge < -0.3 is 19.3 Å². The van der Waals surface area contributed by atoms with E-state index in [-0.39, 0.29) is 10.8 Å². The monoisotopic (exact) mass is 1210 g/mol. The Balaban J connectivity index is 0.739. The van der Waals surface area contributed by atoms with Crippen LogP contribution in [-0.2, 0) is 10.8 Å². The third kappa shape index (κ3) is 8.61. The van der Waals surface area contributed by atoms with Crippen LogP contribution in [0, 0.1) is 0 Å². The topological polar surface area (TPSA) is 40.4 Å². The predicted octanol–water partition coefficient (Wildman–Crippen LogP) is 23.8. The zero-order valence-electron chi connectivity index (χ0n) is 52.0. The first-order chi connectivity index (χ1) is 45.6. The molecule has 18 rings (SSSR count). The number of anilines is 9. The van der Waals surface area contributed by atoms with Gasteiger partial charge >= 0.3 is 0 Å². The normalized spacial score (nSPS) is 13.7. The average molecular weight is 1210 g/mol. The van der Waals surface area contributed by atoms with Crippen molar-refractivity contribution in [3.8, 4) is 39.1 Å². The van der Waals surface area contributed by atoms with E-state index in [9.17, 15) is 0 Å². The number of para-hydroxylation sites is 4. The first-order valence-corrected chi connectivity index (χ1v) is 32.8. The van der Waals surface area contributed by atoms with E-state index in [1.807, 2.05) is 0 Å². The van der Waals surface area contributed by atoms with Crippen molar-refractivity contribution >= 4 is 117 Å². The van der Waals surface area contributed by atoms with Crippen molar-refractivity contribution < 1.29 is 0 Å². The molecule has 6 nitrogen and oxygen atoms in total. The summed E-state index contributed by atoms with van der Waals surface area (Å²) in [6, 6.07) is 112. The third-order valence-corrected chi connectivity index (χ3v) is 20.5. The van der Waals surface area contributed by atoms with Gasteiger partial charge in [-0.3, -0.25) is 0 Å². The van der Waals surface area contributed by atoms with E-state index in [0.717, 1.165) is 67.4 Å². The summed E-state index contributed by atoms with van der Waals surface area (Å²) in [5.74, 6) is 0. The second-order valence-electron chi connectivity index (χ2n) is 25.9. The number of fused-ring (bicyclic) bond motifs is 11. The van der Waals surface area contributed by atoms with Gasteiger partial charge in [0.1, 0.15) is 11.0 Å². The van der Waals surface area contributed by atoms with Crippen molar-refractivity contribution in [1.82, 2.24) is 13.3 Å². The lowest BCUT2D eigenvalue weighted by atomic mass is 9.73. The number of hydrogen-bond acceptors (Lipinski definition) is 6. The highest BCUT2D eigenvalue weighted by Gasteiger charge is 2.38. The van der Waals surface area contributed by atoms with E-state index in [2.05, 4.69) is 350 Å². The Labute approximate surface area is 545 Å². The molecule has 14 aromatic carbocycles. The van der Waals surface area contributed by atoms with Crippen LogP contribution in [0.3, 0.4) is 0 Å². The van der Waals surface area contributed by atoms with Gasteiger partial charge in [-0.15, -0.1) is 0 Å². The van der Waals surface area contributed by atoms with Gasteiger partial charge in [-0.2, -0.15) is 8.75 Å². The Bertz CT molecular complexity index is 5550. The molecule has 2 aromatic heterocycles. The zero-order valence-corrected chi connectivity index (χ0v) is 52.8. The summed E-state index contributed by atoms with van der Waals surface area (Å²) in [7, 11) is 0. The fraction of sp³-hybridized carbons (Fsp3) is 0.0698. The van der Waals surface area contributed by atoms with Crippen LogP contribution in [0.4, 0.5) is 51.2 Å². The molecule has 4 heterocycles. The molecule has 0 aliphatic carbocycles. The van der Waals surface area contributed by atoms with Crippen LogP contribution in [0.15, 0.2) is 303 Å². The van der Waals surface area contributed by atoms with Gasteiger partial charge in [-0.1, -0.05) is 216 Å². The fourth-order valence-electron chi connectivity index (χ4n) is 15.4. The number of hydrogen-bond donors (Lipinski definition) is 0. The van der Waals surface area contributed by atoms with Crippen molar-refractivity contribution in [1.29, 1.82) is 0 Å². The number of aromatic nitrogens is 3. The highest BCUT2D eigenvalue weighted by atomic mass is 32.1. The molecule has 0 saturated carbocycles. The van der Waals surface area contributed by atoms with Crippen molar-refractivity contribution in [2.75, 3.05) is 14.7 Å². The Morgan fingerprint density at radius 2 is 0.839 bits per heavy atom. The molecule has 0 fully saturated rings. The molecule has 0 spiro atoms. The van der Waals surface area contributed by atoms with Gasteiger partial charge in [0.25, 0.3) is 0 Å². The molecule has 0 saturated heterocycles. The van der Waals surface area contributed by atoms with Crippen molar-refractivity contribution in [2.24, 2.45) is 0 Å². The molecule has 0 radical (unpaired) electrons. The minimum atomic E-state index is -0.176. The summed E-state index contributed by atoms with van der Waals surface area (Å²) in [6.45, 7) is 9.35. The summed E-state index contributed by atoms with van der Waals surface area (Å²) in [5.41, 5.74) is 26.8. The van der Waals surface area contributed by atoms with Crippen LogP contribution < -0.4 is 14.7 Å². The largest absolute Gasteiger partial charge is 0.310 e. The molecule has 2 aliphatic heterocycles. The van der Waals surface area contributed by atoms with E-state index in [1.54, 1.807) is 0 Å². The predicted molar refractivity (Wildman–Crippen MR) is 391 cm³/mol. The van der Waals surface area contributed by atoms with E-state index in [0.29, 0.717) is 0 Å². The maximum atomic E-state index is 5.15. The molecule has 7 heteroatoms. The summed E-state index contributed by atoms with van der Waals surface area (Å²) in [5, 5.41) is 7.29. The summed E-state index contributed by atoms with van der Waals surface area (Å²) >= 11 is 1.26. The van der Waals surface area contributed by atoms with Crippen LogP contribution in [0.5, 0.6) is 0 Å². The number of benzene rings is 14. The molecule has 0 atom stereocenters. The van der Waals surface area contributed by atoms with Gasteiger partial charge in [0.15, 0.2) is 0 Å². The van der Waals surface area contributed by atoms with E-state index < -0.39 is 0 Å². The summed E-state index contributed by atoms with van der Waals surface area (Å²) in [4.78, 5) is 7.21. The second kappa shape index (κ2) is 21.1. The second-order valence-corrected chi connectivity index (χ2v) is 26.4. The number of rotatable bonds is 9. The van der Waals surface area contributed by atoms with Crippen molar-refractivity contribution in [3.63, 3.8) is 0 Å². The van der Waals surface area contributed by atoms with Gasteiger partial charge in [0.05, 0.1) is 51.2 Å². The first-order valence-electron chi connectivity index (χ1n) is 32.0. The molecular formula is C86H62N6S. The molecule has 2 aliphatic rings. The smallest absolute Gasteiger partial charge is 0.129 e. The summed E-state index contributed by atoms with van der Waals surface area (Å²) in [6.07, 6.45) is 0. The summed E-state index contributed by atoms with van der Waals surface area (Å²) < 4.78 is 12.8. The van der Waals surface area contributed by atoms with Crippen LogP contribution in [-0.4, -0.2) is 13.3 Å². The van der Waals surface area contributed by atoms with Crippen molar-refractivity contribution in [3.05, 3.63) is 326 Å². The lowest BCUT2D eigenvalue weighted by molar-refractivity contribution is 0.632. The minimum Gasteiger partial charge on any atom is -0.310 e. The zero-order chi connectivity index (χ0) is 62.1. The van der Waals surface area contributed by atoms with E-state index >= 15 is 0 Å². The lowest BCUT2D eigenvalue weighted by Gasteiger charge is -2.42. The van der Waals surface area contributed by atoms with Gasteiger partial charge in [-0.05, 0) is 181 Å². The van der Waals surface area contributed by atoms with Gasteiger partial charge in [0, 0.05) is 61.0 Å². The van der Waals surface area contributed by atoms with Crippen LogP contribution in [0.2, 0.25) is 0 Å². The first kappa shape index (κ1) is 54.5. The van der Waals surface area contributed by atoms with Gasteiger partial charge in [0.2, 0.25) is 0 Å². The van der Waals surface area contributed by atoms with Crippen molar-refractivity contribution in [2.45, 2.75) is 38.5 Å². The maximum absolute atomic E-state index is 5.15. The third-order valence-electron chi connectivity index (χ3n) is 20.0. The van der Waals surface area contributed by atoms with E-state index in [1.165, 1.54) is 111 Å². The molecule has 0 amide bonds. The van der Waals surface area contributed by atoms with Crippen LogP contribution >= 0.6 is 11.7 Å². The Hall–Kier alpha value is -11.4. The van der Waals surface area contributed by atoms with Gasteiger partial charge in [-0.25, -0.2) is 0 Å². The molecule has 16 aromatic rings. The highest BCUT2D eigenvalue weighted by molar-refractivity contribution is 7.00. The standard InChI is InChI=1S/C86H62N6S/c1-85(2)72-25-10-14-29-77(72)90(78-30-15-11-26-73(78)85)64-43-35-57(36-44-64)61-40-49-76-71(53-61)69-47-39-62-51-59-21-8-9-22-60(59)52-70(62)84(69)92(76)65-45-37-58(38-46-65)68-48-50-81(83-82(68)87-93-88-83)89(63-41-33-56(34-42-63)55-19-6-5-7-20-55)66-23-18-24-67(54-66)91-79-31-16-12-27-74(79)86(3,4)75-28-13-17-32-80(75)91/h5-54H,1-4H3. The van der Waals surface area contributed by atoms with E-state index in [4.69, 9.17) is 8.75 Å². The Morgan fingerprint density at radius 1 is 0.323 bits per heavy atom. The SMILES string of the molecule is CC1(C)c2ccccc2N(c2ccc(-c3ccc4c(c3)c3ccc5cc6ccccc6cc5c3n4-c3ccc(-c4ccc(N(c5ccc(-c6ccccc6)cc5)c5cccc(N6c7ccccc7C(C)(C)c7ccccc76)c5)c5nsnc45)cc3)cc2)c2ccccc21. The highest BCUT2D eigenvalue weighted by Crippen LogP contribution is 2.55. The Kier molecular flexibility index (Phi) is 12.4. The van der Waals surface area contributed by atoms with Crippen LogP contribution in [0.25, 0.3) is 93.5 Å². The number of nitrogens with zero attached hydrogens (tertiary/aromatic N) is 6. The quantitative estimate of drug-likeness (QED) is 0.135. The Morgan fingerprint density at radius 3 is 1.48 bits per heavy atom. The molecule has 442 valence electrons. The maximum Gasteiger partial charge on any atom is 0.129 e. The molecule has 0 N–H and O–H groups in total. The molecule has 93 heavy (non-hydrogen) atoms.